The van der Waals surface area contributed by atoms with Crippen LogP contribution in [0.5, 0.6) is 0 Å². The van der Waals surface area contributed by atoms with E-state index in [1.807, 2.05) is 35.3 Å². The van der Waals surface area contributed by atoms with Gasteiger partial charge in [-0.05, 0) is 117 Å². The standard InChI is InChI=1S/C18H20S2.C18H22S.C12H18/c1-11(2)13-5-7-15-17(9-13)20-18-10-14(12(3)4)6-8-16(18)19-15;1-13(2)15-5-9-17(10-6-15)19-18-11-7-16(8-12-18)14(3)4;1-9(2)11-5-7-12(8-6-11)10(3)4/h5-12H,1-4H3;5-14H,1-4H3;5-10H,1-4H3. The van der Waals surface area contributed by atoms with E-state index in [0.29, 0.717) is 35.5 Å². The van der Waals surface area contributed by atoms with E-state index >= 15 is 0 Å². The van der Waals surface area contributed by atoms with E-state index in [9.17, 15) is 0 Å². The van der Waals surface area contributed by atoms with Crippen LogP contribution in [-0.2, 0) is 0 Å². The molecule has 0 fully saturated rings. The summed E-state index contributed by atoms with van der Waals surface area (Å²) in [5.74, 6) is 3.68. The lowest BCUT2D eigenvalue weighted by atomic mass is 9.97. The van der Waals surface area contributed by atoms with Crippen molar-refractivity contribution in [1.82, 2.24) is 0 Å². The molecule has 0 saturated heterocycles. The molecule has 51 heavy (non-hydrogen) atoms. The second-order valence-electron chi connectivity index (χ2n) is 15.5. The number of benzene rings is 5. The Kier molecular flexibility index (Phi) is 15.5. The summed E-state index contributed by atoms with van der Waals surface area (Å²) in [4.78, 5) is 8.22. The Morgan fingerprint density at radius 3 is 0.804 bits per heavy atom. The lowest BCUT2D eigenvalue weighted by Crippen LogP contribution is -1.95. The highest BCUT2D eigenvalue weighted by molar-refractivity contribution is 8.05. The highest BCUT2D eigenvalue weighted by Crippen LogP contribution is 2.49. The molecule has 0 aromatic heterocycles. The van der Waals surface area contributed by atoms with Crippen molar-refractivity contribution in [3.63, 3.8) is 0 Å². The Morgan fingerprint density at radius 1 is 0.294 bits per heavy atom. The van der Waals surface area contributed by atoms with Crippen LogP contribution >= 0.6 is 35.3 Å². The number of hydrogen-bond donors (Lipinski definition) is 0. The molecular formula is C48H60S3. The molecule has 0 radical (unpaired) electrons. The molecule has 1 aliphatic rings. The monoisotopic (exact) mass is 732 g/mol. The van der Waals surface area contributed by atoms with Gasteiger partial charge in [0, 0.05) is 29.4 Å². The van der Waals surface area contributed by atoms with E-state index in [4.69, 9.17) is 0 Å². The average molecular weight is 733 g/mol. The van der Waals surface area contributed by atoms with Crippen LogP contribution in [-0.4, -0.2) is 0 Å². The topological polar surface area (TPSA) is 0 Å². The van der Waals surface area contributed by atoms with E-state index in [2.05, 4.69) is 192 Å². The maximum absolute atomic E-state index is 2.36. The van der Waals surface area contributed by atoms with Crippen molar-refractivity contribution < 1.29 is 0 Å². The Hall–Kier alpha value is -2.85. The van der Waals surface area contributed by atoms with Crippen molar-refractivity contribution in [2.75, 3.05) is 0 Å². The molecule has 0 atom stereocenters. The minimum atomic E-state index is 0.592. The first kappa shape index (κ1) is 40.9. The maximum atomic E-state index is 2.36. The average Bonchev–Trinajstić information content (AvgIpc) is 3.11. The lowest BCUT2D eigenvalue weighted by molar-refractivity contribution is 0.845. The molecular weight excluding hydrogens is 673 g/mol. The van der Waals surface area contributed by atoms with Crippen LogP contribution in [0.4, 0.5) is 0 Å². The Balaban J connectivity index is 0.000000177. The fourth-order valence-corrected chi connectivity index (χ4v) is 8.68. The SMILES string of the molecule is CC(C)c1ccc(C(C)C)cc1.CC(C)c1ccc(Sc2ccc(C(C)C)cc2)cc1.CC(C)c1ccc2c(c1)Sc1cc(C(C)C)ccc1S2. The molecule has 0 spiro atoms. The predicted octanol–water partition coefficient (Wildman–Crippen LogP) is 16.6. The largest absolute Gasteiger partial charge is 0.0901 e. The Morgan fingerprint density at radius 2 is 0.529 bits per heavy atom. The van der Waals surface area contributed by atoms with Gasteiger partial charge < -0.3 is 0 Å². The highest BCUT2D eigenvalue weighted by Gasteiger charge is 2.19. The molecule has 0 aliphatic carbocycles. The van der Waals surface area contributed by atoms with Gasteiger partial charge in [0.1, 0.15) is 0 Å². The van der Waals surface area contributed by atoms with Gasteiger partial charge in [0.2, 0.25) is 0 Å². The van der Waals surface area contributed by atoms with Gasteiger partial charge in [-0.15, -0.1) is 0 Å². The van der Waals surface area contributed by atoms with E-state index in [0.717, 1.165) is 0 Å². The van der Waals surface area contributed by atoms with Gasteiger partial charge in [0.25, 0.3) is 0 Å². The zero-order chi connectivity index (χ0) is 37.2. The summed E-state index contributed by atoms with van der Waals surface area (Å²) < 4.78 is 0. The minimum absolute atomic E-state index is 0.592. The van der Waals surface area contributed by atoms with Gasteiger partial charge in [-0.2, -0.15) is 0 Å². The van der Waals surface area contributed by atoms with Crippen molar-refractivity contribution in [2.45, 2.75) is 148 Å². The molecule has 0 bridgehead atoms. The van der Waals surface area contributed by atoms with Crippen molar-refractivity contribution >= 4 is 35.3 Å². The summed E-state index contributed by atoms with van der Waals surface area (Å²) in [5, 5.41) is 0. The molecule has 0 saturated carbocycles. The van der Waals surface area contributed by atoms with Crippen molar-refractivity contribution in [3.05, 3.63) is 143 Å². The normalized spacial score (nSPS) is 12.1. The van der Waals surface area contributed by atoms with Gasteiger partial charge in [0.05, 0.1) is 0 Å². The first-order chi connectivity index (χ1) is 24.2. The lowest BCUT2D eigenvalue weighted by Gasteiger charge is -2.21. The second-order valence-corrected chi connectivity index (χ2v) is 18.8. The number of rotatable bonds is 8. The van der Waals surface area contributed by atoms with Crippen molar-refractivity contribution in [1.29, 1.82) is 0 Å². The molecule has 5 aromatic rings. The number of fused-ring (bicyclic) bond motifs is 2. The Bertz CT molecular complexity index is 1660. The zero-order valence-corrected chi connectivity index (χ0v) is 35.5. The molecule has 0 amide bonds. The Labute approximate surface area is 324 Å². The summed E-state index contributed by atoms with van der Waals surface area (Å²) in [6, 6.07) is 40.6. The van der Waals surface area contributed by atoms with Crippen LogP contribution in [0.2, 0.25) is 0 Å². The molecule has 0 unspecified atom stereocenters. The molecule has 5 aromatic carbocycles. The first-order valence-corrected chi connectivity index (χ1v) is 21.3. The van der Waals surface area contributed by atoms with Gasteiger partial charge >= 0.3 is 0 Å². The van der Waals surface area contributed by atoms with E-state index < -0.39 is 0 Å². The third kappa shape index (κ3) is 12.1. The van der Waals surface area contributed by atoms with Gasteiger partial charge in [-0.1, -0.05) is 179 Å². The summed E-state index contributed by atoms with van der Waals surface area (Å²) in [5.41, 5.74) is 8.53. The van der Waals surface area contributed by atoms with Crippen molar-refractivity contribution in [3.8, 4) is 0 Å². The molecule has 1 aliphatic heterocycles. The molecule has 270 valence electrons. The summed E-state index contributed by atoms with van der Waals surface area (Å²) >= 11 is 5.66. The van der Waals surface area contributed by atoms with Crippen LogP contribution in [0.1, 0.15) is 152 Å². The zero-order valence-electron chi connectivity index (χ0n) is 33.1. The van der Waals surface area contributed by atoms with Crippen LogP contribution in [0.15, 0.2) is 139 Å². The molecule has 0 N–H and O–H groups in total. The summed E-state index contributed by atoms with van der Waals surface area (Å²) in [6.07, 6.45) is 0. The molecule has 1 heterocycles. The van der Waals surface area contributed by atoms with Crippen LogP contribution in [0, 0.1) is 0 Å². The van der Waals surface area contributed by atoms with Crippen molar-refractivity contribution in [2.24, 2.45) is 0 Å². The van der Waals surface area contributed by atoms with Crippen LogP contribution in [0.3, 0.4) is 0 Å². The fraction of sp³-hybridized carbons (Fsp3) is 0.375. The third-order valence-electron chi connectivity index (χ3n) is 9.31. The van der Waals surface area contributed by atoms with E-state index in [1.165, 1.54) is 62.8 Å². The third-order valence-corrected chi connectivity index (χ3v) is 12.8. The molecule has 0 nitrogen and oxygen atoms in total. The van der Waals surface area contributed by atoms with Crippen LogP contribution < -0.4 is 0 Å². The molecule has 3 heteroatoms. The maximum Gasteiger partial charge on any atom is 0.0265 e. The minimum Gasteiger partial charge on any atom is -0.0901 e. The quantitative estimate of drug-likeness (QED) is 0.153. The van der Waals surface area contributed by atoms with E-state index in [1.54, 1.807) is 0 Å². The smallest absolute Gasteiger partial charge is 0.0265 e. The highest BCUT2D eigenvalue weighted by atomic mass is 32.2. The van der Waals surface area contributed by atoms with Gasteiger partial charge in [0.15, 0.2) is 0 Å². The predicted molar refractivity (Wildman–Crippen MR) is 229 cm³/mol. The van der Waals surface area contributed by atoms with E-state index in [-0.39, 0.29) is 0 Å². The fourth-order valence-electron chi connectivity index (χ4n) is 5.58. The first-order valence-electron chi connectivity index (χ1n) is 18.8. The summed E-state index contributed by atoms with van der Waals surface area (Å²) in [6.45, 7) is 26.9. The van der Waals surface area contributed by atoms with Crippen LogP contribution in [0.25, 0.3) is 0 Å². The number of hydrogen-bond acceptors (Lipinski definition) is 3. The summed E-state index contributed by atoms with van der Waals surface area (Å²) in [7, 11) is 0. The second kappa shape index (κ2) is 19.3. The molecule has 6 rings (SSSR count). The van der Waals surface area contributed by atoms with Gasteiger partial charge in [-0.25, -0.2) is 0 Å². The van der Waals surface area contributed by atoms with Gasteiger partial charge in [-0.3, -0.25) is 0 Å².